The number of hydrogen-bond acceptors (Lipinski definition) is 3. The van der Waals surface area contributed by atoms with Gasteiger partial charge >= 0.3 is 0 Å². The van der Waals surface area contributed by atoms with Gasteiger partial charge in [-0.05, 0) is 60.7 Å². The fourth-order valence-corrected chi connectivity index (χ4v) is 4.78. The van der Waals surface area contributed by atoms with Gasteiger partial charge in [0.05, 0.1) is 23.7 Å². The molecule has 0 atom stereocenters. The van der Waals surface area contributed by atoms with E-state index in [4.69, 9.17) is 4.98 Å². The van der Waals surface area contributed by atoms with Crippen LogP contribution in [0.3, 0.4) is 0 Å². The van der Waals surface area contributed by atoms with E-state index in [-0.39, 0.29) is 24.6 Å². The van der Waals surface area contributed by atoms with Crippen LogP contribution in [0.1, 0.15) is 33.6 Å². The lowest BCUT2D eigenvalue weighted by molar-refractivity contribution is 0.623. The van der Waals surface area contributed by atoms with Gasteiger partial charge in [0.15, 0.2) is 5.82 Å². The largest absolute Gasteiger partial charge is 0.350 e. The Bertz CT molecular complexity index is 1370. The fourth-order valence-electron chi connectivity index (χ4n) is 4.78. The number of nitriles is 1. The van der Waals surface area contributed by atoms with Gasteiger partial charge in [-0.2, -0.15) is 5.26 Å². The van der Waals surface area contributed by atoms with Crippen LogP contribution in [0.25, 0.3) is 10.9 Å². The number of halogens is 2. The van der Waals surface area contributed by atoms with Crippen LogP contribution in [0, 0.1) is 31.0 Å². The second-order valence-corrected chi connectivity index (χ2v) is 8.53. The molecule has 168 valence electrons. The van der Waals surface area contributed by atoms with Crippen LogP contribution in [0.2, 0.25) is 0 Å². The number of pyridine rings is 1. The first-order valence-electron chi connectivity index (χ1n) is 11.0. The van der Waals surface area contributed by atoms with E-state index in [1.807, 2.05) is 12.1 Å². The van der Waals surface area contributed by atoms with E-state index in [0.717, 1.165) is 53.2 Å². The fraction of sp³-hybridized carbons (Fsp3) is 0.259. The van der Waals surface area contributed by atoms with Crippen molar-refractivity contribution >= 4 is 29.1 Å². The van der Waals surface area contributed by atoms with Gasteiger partial charge in [-0.1, -0.05) is 36.4 Å². The summed E-state index contributed by atoms with van der Waals surface area (Å²) in [5.41, 5.74) is 7.79. The SMILES string of the molecule is Cc1c(C)n(Cc2cccc(F)c2)c2c(N3CCc4ccccc4C3)nc(CC#N)cc12.Cl. The van der Waals surface area contributed by atoms with Gasteiger partial charge in [-0.25, -0.2) is 9.37 Å². The molecule has 1 aliphatic heterocycles. The van der Waals surface area contributed by atoms with Gasteiger partial charge in [0.1, 0.15) is 5.82 Å². The zero-order valence-corrected chi connectivity index (χ0v) is 19.6. The molecule has 5 rings (SSSR count). The van der Waals surface area contributed by atoms with Crippen LogP contribution in [0.4, 0.5) is 10.2 Å². The molecule has 6 heteroatoms. The Hall–Kier alpha value is -3.36. The molecule has 0 bridgehead atoms. The van der Waals surface area contributed by atoms with E-state index in [1.54, 1.807) is 12.1 Å². The van der Waals surface area contributed by atoms with Crippen LogP contribution < -0.4 is 4.90 Å². The van der Waals surface area contributed by atoms with Gasteiger partial charge in [0, 0.05) is 30.7 Å². The van der Waals surface area contributed by atoms with Gasteiger partial charge < -0.3 is 9.47 Å². The molecule has 0 radical (unpaired) electrons. The van der Waals surface area contributed by atoms with Crippen molar-refractivity contribution in [2.75, 3.05) is 11.4 Å². The normalized spacial score (nSPS) is 12.8. The molecule has 0 amide bonds. The molecule has 0 saturated carbocycles. The highest BCUT2D eigenvalue weighted by Crippen LogP contribution is 2.35. The summed E-state index contributed by atoms with van der Waals surface area (Å²) in [6, 6.07) is 19.6. The van der Waals surface area contributed by atoms with E-state index in [1.165, 1.54) is 22.8 Å². The predicted octanol–water partition coefficient (Wildman–Crippen LogP) is 5.89. The maximum Gasteiger partial charge on any atom is 0.153 e. The molecule has 2 aromatic heterocycles. The summed E-state index contributed by atoms with van der Waals surface area (Å²) in [4.78, 5) is 7.30. The minimum atomic E-state index is -0.226. The molecule has 1 aliphatic rings. The summed E-state index contributed by atoms with van der Waals surface area (Å²) in [5.74, 6) is 0.686. The Morgan fingerprint density at radius 3 is 2.61 bits per heavy atom. The third-order valence-electron chi connectivity index (χ3n) is 6.57. The number of benzene rings is 2. The molecule has 0 unspecified atom stereocenters. The van der Waals surface area contributed by atoms with E-state index in [0.29, 0.717) is 6.54 Å². The molecule has 3 heterocycles. The van der Waals surface area contributed by atoms with Gasteiger partial charge in [-0.15, -0.1) is 12.4 Å². The third-order valence-corrected chi connectivity index (χ3v) is 6.57. The minimum Gasteiger partial charge on any atom is -0.350 e. The Labute approximate surface area is 199 Å². The molecular weight excluding hydrogens is 435 g/mol. The second kappa shape index (κ2) is 9.25. The molecule has 2 aromatic carbocycles. The molecule has 4 nitrogen and oxygen atoms in total. The van der Waals surface area contributed by atoms with Crippen molar-refractivity contribution in [3.8, 4) is 6.07 Å². The Balaban J connectivity index is 0.00000259. The van der Waals surface area contributed by atoms with Crippen LogP contribution in [0.15, 0.2) is 54.6 Å². The Morgan fingerprint density at radius 2 is 1.85 bits per heavy atom. The molecule has 4 aromatic rings. The third kappa shape index (κ3) is 4.19. The van der Waals surface area contributed by atoms with Crippen LogP contribution in [0.5, 0.6) is 0 Å². The number of anilines is 1. The van der Waals surface area contributed by atoms with Crippen LogP contribution in [-0.4, -0.2) is 16.1 Å². The summed E-state index contributed by atoms with van der Waals surface area (Å²) < 4.78 is 16.1. The molecule has 0 N–H and O–H groups in total. The number of nitrogens with zero attached hydrogens (tertiary/aromatic N) is 4. The first-order chi connectivity index (χ1) is 15.5. The summed E-state index contributed by atoms with van der Waals surface area (Å²) >= 11 is 0. The lowest BCUT2D eigenvalue weighted by atomic mass is 9.99. The summed E-state index contributed by atoms with van der Waals surface area (Å²) in [6.45, 7) is 6.46. The zero-order valence-electron chi connectivity index (χ0n) is 18.8. The maximum absolute atomic E-state index is 13.9. The first-order valence-corrected chi connectivity index (χ1v) is 11.0. The number of fused-ring (bicyclic) bond motifs is 2. The number of hydrogen-bond donors (Lipinski definition) is 0. The van der Waals surface area contributed by atoms with E-state index < -0.39 is 0 Å². The lowest BCUT2D eigenvalue weighted by Gasteiger charge is -2.31. The molecule has 0 spiro atoms. The van der Waals surface area contributed by atoms with Crippen LogP contribution in [-0.2, 0) is 25.9 Å². The van der Waals surface area contributed by atoms with E-state index >= 15 is 0 Å². The molecule has 33 heavy (non-hydrogen) atoms. The first kappa shape index (κ1) is 22.8. The molecule has 0 aliphatic carbocycles. The average molecular weight is 461 g/mol. The number of aromatic nitrogens is 2. The zero-order chi connectivity index (χ0) is 22.2. The monoisotopic (exact) mass is 460 g/mol. The summed E-state index contributed by atoms with van der Waals surface area (Å²) in [5, 5.41) is 10.4. The van der Waals surface area contributed by atoms with Crippen molar-refractivity contribution in [3.05, 3.63) is 94.1 Å². The van der Waals surface area contributed by atoms with Crippen molar-refractivity contribution in [3.63, 3.8) is 0 Å². The second-order valence-electron chi connectivity index (χ2n) is 8.53. The highest BCUT2D eigenvalue weighted by Gasteiger charge is 2.24. The van der Waals surface area contributed by atoms with Crippen molar-refractivity contribution in [2.24, 2.45) is 0 Å². The lowest BCUT2D eigenvalue weighted by Crippen LogP contribution is -2.31. The van der Waals surface area contributed by atoms with Crippen molar-refractivity contribution in [2.45, 2.75) is 39.8 Å². The Morgan fingerprint density at radius 1 is 1.06 bits per heavy atom. The molecule has 0 saturated heterocycles. The van der Waals surface area contributed by atoms with E-state index in [2.05, 4.69) is 53.6 Å². The minimum absolute atomic E-state index is 0. The molecule has 0 fully saturated rings. The number of rotatable bonds is 4. The summed E-state index contributed by atoms with van der Waals surface area (Å²) in [6.07, 6.45) is 1.24. The summed E-state index contributed by atoms with van der Waals surface area (Å²) in [7, 11) is 0. The topological polar surface area (TPSA) is 44.9 Å². The molecular formula is C27H26ClFN4. The van der Waals surface area contributed by atoms with Crippen molar-refractivity contribution in [1.82, 2.24) is 9.55 Å². The quantitative estimate of drug-likeness (QED) is 0.381. The average Bonchev–Trinajstić information content (AvgIpc) is 3.03. The van der Waals surface area contributed by atoms with Crippen molar-refractivity contribution in [1.29, 1.82) is 5.26 Å². The van der Waals surface area contributed by atoms with Gasteiger partial charge in [-0.3, -0.25) is 0 Å². The standard InChI is InChI=1S/C27H25FN4.ClH/c1-18-19(2)32(16-20-6-5-9-23(28)14-20)26-25(18)15-24(10-12-29)30-27(26)31-13-11-21-7-3-4-8-22(21)17-31;/h3-9,14-15H,10-11,13,16-17H2,1-2H3;1H. The van der Waals surface area contributed by atoms with Gasteiger partial charge in [0.25, 0.3) is 0 Å². The van der Waals surface area contributed by atoms with Gasteiger partial charge in [0.2, 0.25) is 0 Å². The predicted molar refractivity (Wildman–Crippen MR) is 132 cm³/mol. The highest BCUT2D eigenvalue weighted by molar-refractivity contribution is 5.94. The Kier molecular flexibility index (Phi) is 6.40. The van der Waals surface area contributed by atoms with E-state index in [9.17, 15) is 9.65 Å². The highest BCUT2D eigenvalue weighted by atomic mass is 35.5. The van der Waals surface area contributed by atoms with Crippen LogP contribution >= 0.6 is 12.4 Å². The smallest absolute Gasteiger partial charge is 0.153 e. The van der Waals surface area contributed by atoms with Crippen molar-refractivity contribution < 1.29 is 4.39 Å². The maximum atomic E-state index is 13.9. The number of aryl methyl sites for hydroxylation is 1.